The molecule has 2 heterocycles. The Bertz CT molecular complexity index is 1500. The molecule has 18 nitrogen and oxygen atoms in total. The number of carbonyl (C=O) groups is 1. The zero-order chi connectivity index (χ0) is 29.9. The Kier molecular flexibility index (Phi) is 10.2. The van der Waals surface area contributed by atoms with Crippen LogP contribution in [0.1, 0.15) is 34.1 Å². The minimum absolute atomic E-state index is 0.143. The van der Waals surface area contributed by atoms with Crippen molar-refractivity contribution in [2.24, 2.45) is 5.73 Å². The van der Waals surface area contributed by atoms with Crippen molar-refractivity contribution in [3.05, 3.63) is 68.0 Å². The first-order chi connectivity index (χ1) is 18.5. The van der Waals surface area contributed by atoms with E-state index in [9.17, 15) is 37.9 Å². The number of nitrogens with one attached hydrogen (secondary N) is 1. The second kappa shape index (κ2) is 12.7. The SMILES string of the molecule is Cc1cn([C@H]2C[C@@H](OC(=O)c3ccccc3CCN)C(COP(=O)(O)OP(=O)(O)OP(=O)(O)O)O2)c(=O)[nH]c1=O. The lowest BCUT2D eigenvalue weighted by Gasteiger charge is -2.21. The summed E-state index contributed by atoms with van der Waals surface area (Å²) in [5, 5.41) is 0. The van der Waals surface area contributed by atoms with Crippen LogP contribution in [0.2, 0.25) is 0 Å². The van der Waals surface area contributed by atoms with Gasteiger partial charge >= 0.3 is 35.1 Å². The Morgan fingerprint density at radius 2 is 1.80 bits per heavy atom. The second-order valence-corrected chi connectivity index (χ2v) is 12.8. The van der Waals surface area contributed by atoms with Gasteiger partial charge in [0.15, 0.2) is 0 Å². The number of esters is 1. The number of phosphoric ester groups is 1. The highest BCUT2D eigenvalue weighted by Crippen LogP contribution is 2.66. The molecule has 5 atom stereocenters. The van der Waals surface area contributed by atoms with E-state index in [1.165, 1.54) is 19.2 Å². The number of aryl methyl sites for hydroxylation is 1. The fourth-order valence-corrected chi connectivity index (χ4v) is 6.74. The third-order valence-electron chi connectivity index (χ3n) is 5.36. The minimum atomic E-state index is -5.78. The standard InChI is InChI=1S/C19H26N3O15P3/c1-11-9-22(19(25)21-17(11)23)16-8-14(35-18(24)13-5-3-2-4-12(13)6-7-20)15(34-16)10-33-39(29,30)37-40(31,32)36-38(26,27)28/h2-5,9,14-16H,6-8,10,20H2,1H3,(H,29,30)(H,31,32)(H,21,23,25)(H2,26,27,28)/t14-,15?,16-/m1/s1. The van der Waals surface area contributed by atoms with Crippen LogP contribution in [0.4, 0.5) is 0 Å². The number of H-pyrrole nitrogens is 1. The van der Waals surface area contributed by atoms with Crippen molar-refractivity contribution in [1.82, 2.24) is 9.55 Å². The molecule has 1 aliphatic heterocycles. The first-order valence-electron chi connectivity index (χ1n) is 11.2. The number of aromatic nitrogens is 2. The number of carbonyl (C=O) groups excluding carboxylic acids is 1. The number of hydrogen-bond acceptors (Lipinski definition) is 12. The summed E-state index contributed by atoms with van der Waals surface area (Å²) >= 11 is 0. The molecular formula is C19H26N3O15P3. The van der Waals surface area contributed by atoms with Gasteiger partial charge < -0.3 is 34.8 Å². The smallest absolute Gasteiger partial charge is 0.456 e. The molecule has 1 aliphatic rings. The summed E-state index contributed by atoms with van der Waals surface area (Å²) in [5.74, 6) is -0.827. The van der Waals surface area contributed by atoms with Gasteiger partial charge in [0.05, 0.1) is 12.2 Å². The van der Waals surface area contributed by atoms with E-state index >= 15 is 0 Å². The van der Waals surface area contributed by atoms with E-state index in [0.29, 0.717) is 12.0 Å². The highest BCUT2D eigenvalue weighted by atomic mass is 31.3. The monoisotopic (exact) mass is 629 g/mol. The summed E-state index contributed by atoms with van der Waals surface area (Å²) < 4.78 is 58.9. The molecule has 0 saturated carbocycles. The van der Waals surface area contributed by atoms with E-state index in [-0.39, 0.29) is 24.1 Å². The van der Waals surface area contributed by atoms with Crippen molar-refractivity contribution >= 4 is 29.4 Å². The number of aromatic amines is 1. The van der Waals surface area contributed by atoms with Crippen molar-refractivity contribution in [2.45, 2.75) is 38.2 Å². The van der Waals surface area contributed by atoms with Gasteiger partial charge in [0.1, 0.15) is 18.4 Å². The van der Waals surface area contributed by atoms with Gasteiger partial charge in [-0.15, -0.1) is 0 Å². The van der Waals surface area contributed by atoms with Gasteiger partial charge in [-0.25, -0.2) is 23.3 Å². The molecule has 222 valence electrons. The normalized spacial score (nSPS) is 22.4. The molecule has 0 aliphatic carbocycles. The zero-order valence-electron chi connectivity index (χ0n) is 20.6. The van der Waals surface area contributed by atoms with Crippen LogP contribution in [0.15, 0.2) is 40.1 Å². The van der Waals surface area contributed by atoms with E-state index in [4.69, 9.17) is 25.0 Å². The van der Waals surface area contributed by atoms with Crippen LogP contribution in [0, 0.1) is 6.92 Å². The van der Waals surface area contributed by atoms with Crippen LogP contribution in [0.25, 0.3) is 0 Å². The van der Waals surface area contributed by atoms with Crippen LogP contribution < -0.4 is 17.0 Å². The van der Waals surface area contributed by atoms with Crippen LogP contribution in [0.5, 0.6) is 0 Å². The zero-order valence-corrected chi connectivity index (χ0v) is 23.3. The van der Waals surface area contributed by atoms with E-state index in [0.717, 1.165) is 4.57 Å². The highest BCUT2D eigenvalue weighted by molar-refractivity contribution is 7.66. The van der Waals surface area contributed by atoms with Crippen molar-refractivity contribution in [1.29, 1.82) is 0 Å². The van der Waals surface area contributed by atoms with Crippen molar-refractivity contribution in [3.8, 4) is 0 Å². The number of nitrogens with zero attached hydrogens (tertiary/aromatic N) is 1. The molecular weight excluding hydrogens is 603 g/mol. The third kappa shape index (κ3) is 8.85. The van der Waals surface area contributed by atoms with Crippen molar-refractivity contribution < 1.29 is 60.7 Å². The van der Waals surface area contributed by atoms with Crippen LogP contribution in [0.3, 0.4) is 0 Å². The Morgan fingerprint density at radius 3 is 2.45 bits per heavy atom. The Labute approximate surface area is 225 Å². The lowest BCUT2D eigenvalue weighted by atomic mass is 10.0. The van der Waals surface area contributed by atoms with Crippen molar-refractivity contribution in [3.63, 3.8) is 0 Å². The Balaban J connectivity index is 1.84. The topological polar surface area (TPSA) is 276 Å². The van der Waals surface area contributed by atoms with Crippen LogP contribution >= 0.6 is 23.5 Å². The van der Waals surface area contributed by atoms with E-state index < -0.39 is 65.7 Å². The molecule has 0 radical (unpaired) electrons. The maximum absolute atomic E-state index is 13.0. The summed E-state index contributed by atoms with van der Waals surface area (Å²) in [6.07, 6.45) is -2.48. The van der Waals surface area contributed by atoms with E-state index in [1.807, 2.05) is 0 Å². The lowest BCUT2D eigenvalue weighted by Crippen LogP contribution is -2.33. The molecule has 3 rings (SSSR count). The average Bonchev–Trinajstić information content (AvgIpc) is 3.20. The number of rotatable bonds is 12. The molecule has 21 heteroatoms. The Morgan fingerprint density at radius 1 is 1.12 bits per heavy atom. The molecule has 1 saturated heterocycles. The number of benzene rings is 1. The van der Waals surface area contributed by atoms with Gasteiger partial charge in [-0.3, -0.25) is 18.9 Å². The summed E-state index contributed by atoms with van der Waals surface area (Å²) in [6, 6.07) is 6.41. The molecule has 0 bridgehead atoms. The molecule has 0 amide bonds. The predicted octanol–water partition coefficient (Wildman–Crippen LogP) is 0.203. The fraction of sp³-hybridized carbons (Fsp3) is 0.421. The van der Waals surface area contributed by atoms with Gasteiger partial charge in [-0.05, 0) is 31.5 Å². The van der Waals surface area contributed by atoms with Gasteiger partial charge in [0, 0.05) is 18.2 Å². The molecule has 7 N–H and O–H groups in total. The molecule has 2 aromatic rings. The van der Waals surface area contributed by atoms with Gasteiger partial charge in [-0.2, -0.15) is 8.62 Å². The van der Waals surface area contributed by atoms with E-state index in [1.54, 1.807) is 18.2 Å². The van der Waals surface area contributed by atoms with Crippen molar-refractivity contribution in [2.75, 3.05) is 13.2 Å². The maximum atomic E-state index is 13.0. The Hall–Kier alpha value is -2.30. The molecule has 40 heavy (non-hydrogen) atoms. The average molecular weight is 629 g/mol. The molecule has 1 aromatic carbocycles. The first kappa shape index (κ1) is 32.2. The van der Waals surface area contributed by atoms with Gasteiger partial charge in [0.25, 0.3) is 5.56 Å². The van der Waals surface area contributed by atoms with Gasteiger partial charge in [-0.1, -0.05) is 18.2 Å². The molecule has 3 unspecified atom stereocenters. The number of hydrogen-bond donors (Lipinski definition) is 6. The summed E-state index contributed by atoms with van der Waals surface area (Å²) in [6.45, 7) is 0.707. The summed E-state index contributed by atoms with van der Waals surface area (Å²) in [5.41, 5.74) is 4.96. The second-order valence-electron chi connectivity index (χ2n) is 8.37. The lowest BCUT2D eigenvalue weighted by molar-refractivity contribution is -0.0512. The number of ether oxygens (including phenoxy) is 2. The quantitative estimate of drug-likeness (QED) is 0.135. The maximum Gasteiger partial charge on any atom is 0.490 e. The fourth-order valence-electron chi connectivity index (χ4n) is 3.71. The highest BCUT2D eigenvalue weighted by Gasteiger charge is 2.44. The summed E-state index contributed by atoms with van der Waals surface area (Å²) in [4.78, 5) is 75.7. The van der Waals surface area contributed by atoms with E-state index in [2.05, 4.69) is 18.1 Å². The van der Waals surface area contributed by atoms with Crippen LogP contribution in [-0.2, 0) is 42.7 Å². The molecule has 0 spiro atoms. The van der Waals surface area contributed by atoms with Gasteiger partial charge in [0.2, 0.25) is 0 Å². The predicted molar refractivity (Wildman–Crippen MR) is 133 cm³/mol. The minimum Gasteiger partial charge on any atom is -0.456 e. The molecule has 1 aromatic heterocycles. The number of phosphoric acid groups is 3. The largest absolute Gasteiger partial charge is 0.490 e. The third-order valence-corrected chi connectivity index (χ3v) is 9.17. The van der Waals surface area contributed by atoms with Crippen LogP contribution in [-0.4, -0.2) is 60.5 Å². The summed E-state index contributed by atoms with van der Waals surface area (Å²) in [7, 11) is -16.9. The first-order valence-corrected chi connectivity index (χ1v) is 15.8. The number of nitrogens with two attached hydrogens (primary N) is 1. The molecule has 1 fully saturated rings.